The standard InChI is InChI=1S/C16H15BrCl2/c1-10(2)11-6-8-12(9-7-11)16(17)15-13(18)4-3-5-14(15)19/h3-10,16H,1-2H3. The monoisotopic (exact) mass is 356 g/mol. The molecule has 0 amide bonds. The van der Waals surface area contributed by atoms with Crippen LogP contribution in [0.15, 0.2) is 42.5 Å². The van der Waals surface area contributed by atoms with Gasteiger partial charge in [0.15, 0.2) is 0 Å². The second-order valence-electron chi connectivity index (χ2n) is 4.82. The minimum Gasteiger partial charge on any atom is -0.0839 e. The predicted octanol–water partition coefficient (Wildman–Crippen LogP) is 6.60. The molecule has 0 radical (unpaired) electrons. The summed E-state index contributed by atoms with van der Waals surface area (Å²) in [6.45, 7) is 4.37. The molecule has 2 aromatic rings. The van der Waals surface area contributed by atoms with Gasteiger partial charge >= 0.3 is 0 Å². The molecule has 3 heteroatoms. The van der Waals surface area contributed by atoms with Gasteiger partial charge in [-0.2, -0.15) is 0 Å². The normalized spacial score (nSPS) is 12.7. The second-order valence-corrected chi connectivity index (χ2v) is 6.55. The van der Waals surface area contributed by atoms with Gasteiger partial charge in [-0.15, -0.1) is 0 Å². The summed E-state index contributed by atoms with van der Waals surface area (Å²) >= 11 is 16.2. The minimum absolute atomic E-state index is 0.00918. The second kappa shape index (κ2) is 6.30. The summed E-state index contributed by atoms with van der Waals surface area (Å²) in [5.74, 6) is 0.534. The smallest absolute Gasteiger partial charge is 0.0673 e. The van der Waals surface area contributed by atoms with Crippen molar-refractivity contribution in [1.29, 1.82) is 0 Å². The third-order valence-corrected chi connectivity index (χ3v) is 4.79. The first-order valence-electron chi connectivity index (χ1n) is 6.18. The number of alkyl halides is 1. The molecule has 0 nitrogen and oxygen atoms in total. The van der Waals surface area contributed by atoms with Gasteiger partial charge in [0.1, 0.15) is 0 Å². The fourth-order valence-electron chi connectivity index (χ4n) is 1.97. The van der Waals surface area contributed by atoms with Crippen LogP contribution in [0.3, 0.4) is 0 Å². The Labute approximate surface area is 132 Å². The molecule has 1 unspecified atom stereocenters. The maximum Gasteiger partial charge on any atom is 0.0673 e. The zero-order valence-corrected chi connectivity index (χ0v) is 13.9. The Kier molecular flexibility index (Phi) is 4.94. The highest BCUT2D eigenvalue weighted by Gasteiger charge is 2.17. The van der Waals surface area contributed by atoms with E-state index < -0.39 is 0 Å². The fourth-order valence-corrected chi connectivity index (χ4v) is 3.65. The minimum atomic E-state index is 0.00918. The molecule has 0 aliphatic heterocycles. The highest BCUT2D eigenvalue weighted by atomic mass is 79.9. The molecule has 100 valence electrons. The molecule has 19 heavy (non-hydrogen) atoms. The average Bonchev–Trinajstić information content (AvgIpc) is 2.38. The molecule has 0 N–H and O–H groups in total. The van der Waals surface area contributed by atoms with E-state index in [0.717, 1.165) is 11.1 Å². The van der Waals surface area contributed by atoms with Gasteiger partial charge < -0.3 is 0 Å². The Hall–Kier alpha value is -0.500. The SMILES string of the molecule is CC(C)c1ccc(C(Br)c2c(Cl)cccc2Cl)cc1. The van der Waals surface area contributed by atoms with E-state index in [4.69, 9.17) is 23.2 Å². The zero-order chi connectivity index (χ0) is 14.0. The highest BCUT2D eigenvalue weighted by Crippen LogP contribution is 2.39. The molecule has 1 atom stereocenters. The number of halogens is 3. The van der Waals surface area contributed by atoms with Gasteiger partial charge in [0.2, 0.25) is 0 Å². The molecule has 0 saturated carbocycles. The molecule has 0 spiro atoms. The lowest BCUT2D eigenvalue weighted by molar-refractivity contribution is 0.865. The maximum atomic E-state index is 6.24. The highest BCUT2D eigenvalue weighted by molar-refractivity contribution is 9.09. The van der Waals surface area contributed by atoms with E-state index in [1.807, 2.05) is 18.2 Å². The van der Waals surface area contributed by atoms with Crippen LogP contribution in [0.4, 0.5) is 0 Å². The molecule has 0 heterocycles. The quantitative estimate of drug-likeness (QED) is 0.542. The van der Waals surface area contributed by atoms with E-state index >= 15 is 0 Å². The van der Waals surface area contributed by atoms with E-state index in [0.29, 0.717) is 16.0 Å². The first-order chi connectivity index (χ1) is 9.00. The van der Waals surface area contributed by atoms with Gasteiger partial charge in [0.25, 0.3) is 0 Å². The Balaban J connectivity index is 2.36. The van der Waals surface area contributed by atoms with Crippen LogP contribution in [0.2, 0.25) is 10.0 Å². The van der Waals surface area contributed by atoms with Crippen LogP contribution in [-0.4, -0.2) is 0 Å². The van der Waals surface area contributed by atoms with Crippen molar-refractivity contribution in [3.63, 3.8) is 0 Å². The van der Waals surface area contributed by atoms with Crippen LogP contribution in [0.25, 0.3) is 0 Å². The molecule has 2 aromatic carbocycles. The van der Waals surface area contributed by atoms with Gasteiger partial charge in [-0.05, 0) is 29.2 Å². The van der Waals surface area contributed by atoms with Gasteiger partial charge in [-0.3, -0.25) is 0 Å². The molecular formula is C16H15BrCl2. The van der Waals surface area contributed by atoms with Crippen molar-refractivity contribution in [1.82, 2.24) is 0 Å². The zero-order valence-electron chi connectivity index (χ0n) is 10.8. The molecule has 2 rings (SSSR count). The Bertz CT molecular complexity index is 541. The van der Waals surface area contributed by atoms with E-state index in [-0.39, 0.29) is 4.83 Å². The van der Waals surface area contributed by atoms with Crippen molar-refractivity contribution < 1.29 is 0 Å². The van der Waals surface area contributed by atoms with E-state index in [9.17, 15) is 0 Å². The topological polar surface area (TPSA) is 0 Å². The summed E-state index contributed by atoms with van der Waals surface area (Å²) < 4.78 is 0. The Morgan fingerprint density at radius 3 is 1.79 bits per heavy atom. The number of hydrogen-bond acceptors (Lipinski definition) is 0. The lowest BCUT2D eigenvalue weighted by Crippen LogP contribution is -1.96. The van der Waals surface area contributed by atoms with Crippen LogP contribution < -0.4 is 0 Å². The molecular weight excluding hydrogens is 343 g/mol. The van der Waals surface area contributed by atoms with Crippen LogP contribution in [0.5, 0.6) is 0 Å². The van der Waals surface area contributed by atoms with E-state index in [1.54, 1.807) is 0 Å². The van der Waals surface area contributed by atoms with Crippen LogP contribution in [0, 0.1) is 0 Å². The molecule has 0 bridgehead atoms. The number of hydrogen-bond donors (Lipinski definition) is 0. The van der Waals surface area contributed by atoms with E-state index in [1.165, 1.54) is 5.56 Å². The summed E-state index contributed by atoms with van der Waals surface area (Å²) in [6.07, 6.45) is 0. The third kappa shape index (κ3) is 3.34. The summed E-state index contributed by atoms with van der Waals surface area (Å²) in [7, 11) is 0. The molecule has 0 aliphatic rings. The molecule has 0 aliphatic carbocycles. The lowest BCUT2D eigenvalue weighted by atomic mass is 9.99. The van der Waals surface area contributed by atoms with Crippen LogP contribution in [0.1, 0.15) is 41.3 Å². The predicted molar refractivity (Wildman–Crippen MR) is 87.8 cm³/mol. The molecule has 0 aromatic heterocycles. The van der Waals surface area contributed by atoms with Crippen molar-refractivity contribution >= 4 is 39.1 Å². The fraction of sp³-hybridized carbons (Fsp3) is 0.250. The van der Waals surface area contributed by atoms with Gasteiger partial charge in [-0.1, -0.05) is 83.3 Å². The van der Waals surface area contributed by atoms with Crippen LogP contribution >= 0.6 is 39.1 Å². The van der Waals surface area contributed by atoms with Crippen molar-refractivity contribution in [3.05, 3.63) is 69.2 Å². The van der Waals surface area contributed by atoms with Gasteiger partial charge in [-0.25, -0.2) is 0 Å². The summed E-state index contributed by atoms with van der Waals surface area (Å²) in [4.78, 5) is 0.00918. The summed E-state index contributed by atoms with van der Waals surface area (Å²) in [6, 6.07) is 14.1. The van der Waals surface area contributed by atoms with Crippen molar-refractivity contribution in [2.24, 2.45) is 0 Å². The lowest BCUT2D eigenvalue weighted by Gasteiger charge is -2.15. The summed E-state index contributed by atoms with van der Waals surface area (Å²) in [5, 5.41) is 1.37. The van der Waals surface area contributed by atoms with Gasteiger partial charge in [0.05, 0.1) is 4.83 Å². The van der Waals surface area contributed by atoms with Crippen LogP contribution in [-0.2, 0) is 0 Å². The largest absolute Gasteiger partial charge is 0.0839 e. The molecule has 0 saturated heterocycles. The Morgan fingerprint density at radius 1 is 0.842 bits per heavy atom. The third-order valence-electron chi connectivity index (χ3n) is 3.15. The van der Waals surface area contributed by atoms with Crippen molar-refractivity contribution in [2.75, 3.05) is 0 Å². The average molecular weight is 358 g/mol. The molecule has 0 fully saturated rings. The summed E-state index contributed by atoms with van der Waals surface area (Å²) in [5.41, 5.74) is 3.40. The first-order valence-corrected chi connectivity index (χ1v) is 7.85. The van der Waals surface area contributed by atoms with E-state index in [2.05, 4.69) is 54.0 Å². The first kappa shape index (κ1) is 14.9. The van der Waals surface area contributed by atoms with Crippen molar-refractivity contribution in [2.45, 2.75) is 24.6 Å². The number of rotatable bonds is 3. The number of benzene rings is 2. The van der Waals surface area contributed by atoms with Crippen molar-refractivity contribution in [3.8, 4) is 0 Å². The maximum absolute atomic E-state index is 6.24. The van der Waals surface area contributed by atoms with Gasteiger partial charge in [0, 0.05) is 15.6 Å². The Morgan fingerprint density at radius 2 is 1.32 bits per heavy atom.